The zero-order chi connectivity index (χ0) is 11.4. The molecule has 1 aliphatic heterocycles. The normalized spacial score (nSPS) is 28.6. The summed E-state index contributed by atoms with van der Waals surface area (Å²) in [6, 6.07) is 2.65. The number of aliphatic imine (C=N–C) groups is 1. The molecule has 0 spiro atoms. The molecule has 2 N–H and O–H groups in total. The van der Waals surface area contributed by atoms with E-state index in [0.717, 1.165) is 25.1 Å². The first-order chi connectivity index (χ1) is 7.83. The highest BCUT2D eigenvalue weighted by Crippen LogP contribution is 2.33. The van der Waals surface area contributed by atoms with Crippen molar-refractivity contribution in [3.8, 4) is 0 Å². The second kappa shape index (κ2) is 5.13. The molecule has 2 rings (SSSR count). The molecule has 4 nitrogen and oxygen atoms in total. The fourth-order valence-corrected chi connectivity index (χ4v) is 2.33. The number of ether oxygens (including phenoxy) is 1. The lowest BCUT2D eigenvalue weighted by atomic mass is 9.80. The van der Waals surface area contributed by atoms with Crippen LogP contribution in [0.15, 0.2) is 16.8 Å². The van der Waals surface area contributed by atoms with E-state index in [4.69, 9.17) is 10.5 Å². The lowest BCUT2D eigenvalue weighted by Crippen LogP contribution is -2.22. The van der Waals surface area contributed by atoms with Gasteiger partial charge in [0.05, 0.1) is 13.2 Å². The van der Waals surface area contributed by atoms with Gasteiger partial charge < -0.3 is 10.5 Å². The average Bonchev–Trinajstić information content (AvgIpc) is 2.39. The Kier molecular flexibility index (Phi) is 3.58. The minimum absolute atomic E-state index is 0.524. The maximum absolute atomic E-state index is 5.68. The molecule has 2 aliphatic rings. The molecule has 16 heavy (non-hydrogen) atoms. The lowest BCUT2D eigenvalue weighted by Gasteiger charge is -2.25. The number of allylic oxidation sites excluding steroid dienone is 1. The number of nitrogens with two attached hydrogens (primary N) is 1. The van der Waals surface area contributed by atoms with Crippen molar-refractivity contribution in [1.82, 2.24) is 4.67 Å². The van der Waals surface area contributed by atoms with Crippen LogP contribution in [0.4, 0.5) is 0 Å². The first-order valence-electron chi connectivity index (χ1n) is 5.82. The zero-order valence-corrected chi connectivity index (χ0v) is 9.65. The van der Waals surface area contributed by atoms with Crippen molar-refractivity contribution >= 4 is 11.9 Å². The van der Waals surface area contributed by atoms with Gasteiger partial charge in [-0.3, -0.25) is 0 Å². The molecule has 0 saturated heterocycles. The maximum Gasteiger partial charge on any atom is 0.433 e. The largest absolute Gasteiger partial charge is 0.453 e. The number of hydrogen-bond acceptors (Lipinski definition) is 3. The van der Waals surface area contributed by atoms with Gasteiger partial charge in [0.1, 0.15) is 0 Å². The number of rotatable bonds is 2. The molecule has 0 amide bonds. The van der Waals surface area contributed by atoms with E-state index < -0.39 is 0 Å². The second-order valence-electron chi connectivity index (χ2n) is 4.39. The van der Waals surface area contributed by atoms with E-state index in [2.05, 4.69) is 15.7 Å². The first kappa shape index (κ1) is 11.2. The smallest absolute Gasteiger partial charge is 0.433 e. The summed E-state index contributed by atoms with van der Waals surface area (Å²) in [4.78, 5) is 4.21. The third-order valence-corrected chi connectivity index (χ3v) is 3.42. The average molecular weight is 220 g/mol. The summed E-state index contributed by atoms with van der Waals surface area (Å²) in [6.45, 7) is 0.811. The maximum atomic E-state index is 5.68. The third kappa shape index (κ3) is 2.42. The topological polar surface area (TPSA) is 61.7 Å². The van der Waals surface area contributed by atoms with Crippen LogP contribution in [0.2, 0.25) is 0 Å². The van der Waals surface area contributed by atoms with Crippen molar-refractivity contribution in [2.24, 2.45) is 22.6 Å². The monoisotopic (exact) mass is 220 g/mol. The van der Waals surface area contributed by atoms with Crippen LogP contribution < -0.4 is 10.4 Å². The summed E-state index contributed by atoms with van der Waals surface area (Å²) in [5.74, 6) is 1.82. The van der Waals surface area contributed by atoms with Crippen molar-refractivity contribution in [1.29, 1.82) is 0 Å². The van der Waals surface area contributed by atoms with E-state index in [9.17, 15) is 0 Å². The van der Waals surface area contributed by atoms with Gasteiger partial charge in [-0.2, -0.15) is 0 Å². The molecule has 1 fully saturated rings. The molecule has 0 radical (unpaired) electrons. The fourth-order valence-electron chi connectivity index (χ4n) is 2.33. The third-order valence-electron chi connectivity index (χ3n) is 3.42. The number of methoxy groups -OCH3 is 1. The summed E-state index contributed by atoms with van der Waals surface area (Å²) in [6.07, 6.45) is 6.65. The highest BCUT2D eigenvalue weighted by Gasteiger charge is 2.27. The van der Waals surface area contributed by atoms with Crippen LogP contribution in [-0.2, 0) is 4.74 Å². The van der Waals surface area contributed by atoms with Crippen molar-refractivity contribution in [3.63, 3.8) is 0 Å². The van der Waals surface area contributed by atoms with Crippen molar-refractivity contribution in [2.45, 2.75) is 25.7 Å². The Labute approximate surface area is 95.6 Å². The van der Waals surface area contributed by atoms with Gasteiger partial charge in [-0.15, -0.1) is 4.67 Å². The molecular formula is C12H18N3O+. The van der Waals surface area contributed by atoms with Crippen LogP contribution in [-0.4, -0.2) is 25.6 Å². The first-order valence-corrected chi connectivity index (χ1v) is 5.82. The van der Waals surface area contributed by atoms with Gasteiger partial charge in [0.25, 0.3) is 0 Å². The summed E-state index contributed by atoms with van der Waals surface area (Å²) in [5.41, 5.74) is 6.74. The van der Waals surface area contributed by atoms with Crippen molar-refractivity contribution in [3.05, 3.63) is 11.8 Å². The van der Waals surface area contributed by atoms with Gasteiger partial charge >= 0.3 is 11.9 Å². The molecule has 1 saturated carbocycles. The molecule has 0 atom stereocenters. The molecule has 0 aromatic heterocycles. The predicted octanol–water partition coefficient (Wildman–Crippen LogP) is 0.935. The molecule has 1 heterocycles. The van der Waals surface area contributed by atoms with Gasteiger partial charge in [-0.1, -0.05) is 0 Å². The Balaban J connectivity index is 1.99. The van der Waals surface area contributed by atoms with Crippen LogP contribution in [0, 0.1) is 11.8 Å². The lowest BCUT2D eigenvalue weighted by molar-refractivity contribution is 0.306. The van der Waals surface area contributed by atoms with E-state index in [1.54, 1.807) is 7.11 Å². The Hall–Kier alpha value is -1.34. The van der Waals surface area contributed by atoms with Crippen molar-refractivity contribution in [2.75, 3.05) is 13.7 Å². The Morgan fingerprint density at radius 3 is 2.88 bits per heavy atom. The van der Waals surface area contributed by atoms with E-state index in [1.807, 2.05) is 6.08 Å². The van der Waals surface area contributed by atoms with E-state index in [-0.39, 0.29) is 0 Å². The van der Waals surface area contributed by atoms with Crippen LogP contribution in [0.3, 0.4) is 0 Å². The second-order valence-corrected chi connectivity index (χ2v) is 4.39. The summed E-state index contributed by atoms with van der Waals surface area (Å²) < 4.78 is 8.99. The molecule has 0 unspecified atom stereocenters. The zero-order valence-electron chi connectivity index (χ0n) is 9.65. The van der Waals surface area contributed by atoms with E-state index >= 15 is 0 Å². The Bertz CT molecular complexity index is 379. The van der Waals surface area contributed by atoms with Crippen LogP contribution in [0.5, 0.6) is 0 Å². The van der Waals surface area contributed by atoms with E-state index in [0.29, 0.717) is 17.7 Å². The highest BCUT2D eigenvalue weighted by molar-refractivity contribution is 5.90. The van der Waals surface area contributed by atoms with Crippen molar-refractivity contribution < 1.29 is 4.74 Å². The number of nitrogens with zero attached hydrogens (tertiary/aromatic N) is 2. The SMILES string of the molecule is COC1=[N+]=C=NC(C2CCC(CN)CC2)=C1. The van der Waals surface area contributed by atoms with Crippen LogP contribution >= 0.6 is 0 Å². The molecule has 0 aromatic rings. The minimum Gasteiger partial charge on any atom is -0.453 e. The van der Waals surface area contributed by atoms with Gasteiger partial charge in [0.15, 0.2) is 5.70 Å². The Morgan fingerprint density at radius 1 is 1.50 bits per heavy atom. The molecule has 0 aromatic carbocycles. The Morgan fingerprint density at radius 2 is 2.25 bits per heavy atom. The summed E-state index contributed by atoms with van der Waals surface area (Å²) in [5, 5.41) is 0. The highest BCUT2D eigenvalue weighted by atomic mass is 16.5. The molecule has 4 heteroatoms. The quantitative estimate of drug-likeness (QED) is 0.704. The standard InChI is InChI=1S/C12H18N3O/c1-16-12-6-11(14-8-15-12)10-4-2-9(7-13)3-5-10/h6,9-10H,2-5,7,13H2,1H3/q+1. The summed E-state index contributed by atoms with van der Waals surface area (Å²) >= 11 is 0. The van der Waals surface area contributed by atoms with Crippen LogP contribution in [0.1, 0.15) is 25.7 Å². The molecular weight excluding hydrogens is 202 g/mol. The molecule has 1 aliphatic carbocycles. The molecule has 0 bridgehead atoms. The number of hydrogen-bond donors (Lipinski definition) is 1. The van der Waals surface area contributed by atoms with Gasteiger partial charge in [0.2, 0.25) is 0 Å². The molecule has 86 valence electrons. The summed E-state index contributed by atoms with van der Waals surface area (Å²) in [7, 11) is 1.62. The van der Waals surface area contributed by atoms with Crippen LogP contribution in [0.25, 0.3) is 0 Å². The fraction of sp³-hybridized carbons (Fsp3) is 0.667. The van der Waals surface area contributed by atoms with Gasteiger partial charge in [-0.05, 0) is 38.1 Å². The predicted molar refractivity (Wildman–Crippen MR) is 64.2 cm³/mol. The van der Waals surface area contributed by atoms with Gasteiger partial charge in [-0.25, -0.2) is 0 Å². The van der Waals surface area contributed by atoms with Gasteiger partial charge in [0, 0.05) is 10.9 Å². The van der Waals surface area contributed by atoms with E-state index in [1.165, 1.54) is 12.8 Å². The minimum atomic E-state index is 0.524.